The topological polar surface area (TPSA) is 263 Å². The third-order valence-electron chi connectivity index (χ3n) is 18.3. The second-order valence-corrected chi connectivity index (χ2v) is 27.9. The molecule has 3 aromatic carbocycles. The van der Waals surface area contributed by atoms with Gasteiger partial charge in [-0.1, -0.05) is 168 Å². The number of carbonyl (C=O) groups excluding carboxylic acids is 8. The van der Waals surface area contributed by atoms with Gasteiger partial charge in [-0.3, -0.25) is 38.4 Å². The normalized spacial score (nSPS) is 16.6. The molecule has 9 atom stereocenters. The molecule has 0 radical (unpaired) electrons. The number of methoxy groups -OCH3 is 2. The lowest BCUT2D eigenvalue weighted by Crippen LogP contribution is -2.60. The zero-order valence-electron chi connectivity index (χ0n) is 58.5. The first-order chi connectivity index (χ1) is 44.4. The summed E-state index contributed by atoms with van der Waals surface area (Å²) in [4.78, 5) is 130. The van der Waals surface area contributed by atoms with Gasteiger partial charge >= 0.3 is 5.97 Å². The molecule has 1 saturated heterocycles. The van der Waals surface area contributed by atoms with E-state index in [2.05, 4.69) is 27.3 Å². The van der Waals surface area contributed by atoms with Gasteiger partial charge in [-0.25, -0.2) is 4.79 Å². The molecule has 5 rings (SSSR count). The van der Waals surface area contributed by atoms with Crippen molar-refractivity contribution in [3.8, 4) is 0 Å². The van der Waals surface area contributed by atoms with E-state index in [4.69, 9.17) is 14.2 Å². The number of rotatable bonds is 36. The van der Waals surface area contributed by atoms with Gasteiger partial charge in [-0.15, -0.1) is 0 Å². The van der Waals surface area contributed by atoms with Crippen molar-refractivity contribution >= 4 is 71.1 Å². The lowest BCUT2D eigenvalue weighted by Gasteiger charge is -2.41. The molecule has 518 valence electrons. The first kappa shape index (κ1) is 77.2. The van der Waals surface area contributed by atoms with Gasteiger partial charge in [0, 0.05) is 85.5 Å². The standard InChI is InChI=1S/C73H108N8O13/c1-16-49(6)66(58(92-14)41-63(86)80-39-25-32-57(80)67(93-15)50(7)68(87)76-55(71(90)91)40-51-26-18-17-19-27-51)79(13)70(89)64(47(2)3)77-69(88)65(48(4)5)78(12)61(84)34-24-33-59(82)75-44-73(10,11)46-94-45-72(8,9)42-60(83)74-38-37-62(85)81-43-54-30-21-20-28-52(54)35-36-53-29-22-23-31-56(53)81/h17-23,26-31,35-36,47-50,55,57-58,64-67H,16,24-25,32-34,37-46H2,1-15H3,(H,74,83)(H,75,82)(H,76,87)(H,77,88)(H,90,91)/t49-,50+,55-,57-,58+,64-,65-,66-,67+/m0/s1. The van der Waals surface area contributed by atoms with E-state index in [0.29, 0.717) is 45.5 Å². The number of anilines is 1. The van der Waals surface area contributed by atoms with Gasteiger partial charge in [0.05, 0.1) is 62.1 Å². The number of hydrogen-bond acceptors (Lipinski definition) is 12. The number of hydrogen-bond donors (Lipinski definition) is 5. The third kappa shape index (κ3) is 22.3. The van der Waals surface area contributed by atoms with Crippen molar-refractivity contribution in [3.63, 3.8) is 0 Å². The number of likely N-dealkylation sites (tertiary alicyclic amines) is 1. The maximum Gasteiger partial charge on any atom is 0.326 e. The summed E-state index contributed by atoms with van der Waals surface area (Å²) in [6.07, 6.45) is 4.97. The number of amides is 8. The minimum absolute atomic E-state index is 0.00421. The van der Waals surface area contributed by atoms with Gasteiger partial charge in [0.2, 0.25) is 47.3 Å². The van der Waals surface area contributed by atoms with Crippen LogP contribution >= 0.6 is 0 Å². The third-order valence-corrected chi connectivity index (χ3v) is 18.3. The first-order valence-corrected chi connectivity index (χ1v) is 33.5. The second-order valence-electron chi connectivity index (χ2n) is 27.9. The fourth-order valence-electron chi connectivity index (χ4n) is 12.7. The number of nitrogens with one attached hydrogen (secondary N) is 4. The molecule has 0 saturated carbocycles. The van der Waals surface area contributed by atoms with Crippen LogP contribution in [-0.4, -0.2) is 177 Å². The Hall–Kier alpha value is -7.49. The Morgan fingerprint density at radius 2 is 1.34 bits per heavy atom. The fraction of sp³-hybridized carbons (Fsp3) is 0.603. The summed E-state index contributed by atoms with van der Waals surface area (Å²) in [5, 5.41) is 21.6. The Morgan fingerprint density at radius 3 is 1.98 bits per heavy atom. The van der Waals surface area contributed by atoms with Gasteiger partial charge in [0.25, 0.3) is 0 Å². The lowest BCUT2D eigenvalue weighted by molar-refractivity contribution is -0.149. The monoisotopic (exact) mass is 1300 g/mol. The van der Waals surface area contributed by atoms with Crippen LogP contribution in [0.15, 0.2) is 78.9 Å². The Kier molecular flexibility index (Phi) is 29.9. The van der Waals surface area contributed by atoms with E-state index in [-0.39, 0.29) is 105 Å². The number of fused-ring (bicyclic) bond motifs is 2. The average molecular weight is 1310 g/mol. The van der Waals surface area contributed by atoms with E-state index in [0.717, 1.165) is 27.9 Å². The highest BCUT2D eigenvalue weighted by Gasteiger charge is 2.44. The van der Waals surface area contributed by atoms with Crippen molar-refractivity contribution in [3.05, 3.63) is 101 Å². The molecule has 0 aliphatic carbocycles. The Labute approximate surface area is 558 Å². The van der Waals surface area contributed by atoms with Crippen molar-refractivity contribution in [1.29, 1.82) is 0 Å². The number of carboxylic acid groups (broad SMARTS) is 1. The molecule has 2 heterocycles. The molecule has 0 unspecified atom stereocenters. The largest absolute Gasteiger partial charge is 0.480 e. The SMILES string of the molecule is CC[C@H](C)[C@@H]([C@@H](CC(=O)N1CCC[C@H]1[C@H](OC)[C@@H](C)C(=O)N[C@@H](Cc1ccccc1)C(=O)O)OC)N(C)C(=O)[C@@H](NC(=O)[C@H](C(C)C)N(C)C(=O)CCCC(=O)NCC(C)(C)COCC(C)(C)CC(=O)NCCC(=O)N1Cc2ccccc2C=Cc2ccccc21)C(C)C. The Bertz CT molecular complexity index is 3060. The molecule has 21 nitrogen and oxygen atoms in total. The highest BCUT2D eigenvalue weighted by molar-refractivity contribution is 5.97. The van der Waals surface area contributed by atoms with Crippen molar-refractivity contribution in [1.82, 2.24) is 36.0 Å². The van der Waals surface area contributed by atoms with E-state index < -0.39 is 82.9 Å². The van der Waals surface area contributed by atoms with E-state index in [1.807, 2.05) is 130 Å². The molecule has 0 bridgehead atoms. The zero-order chi connectivity index (χ0) is 69.6. The van der Waals surface area contributed by atoms with Crippen LogP contribution < -0.4 is 26.2 Å². The highest BCUT2D eigenvalue weighted by atomic mass is 16.5. The van der Waals surface area contributed by atoms with Crippen molar-refractivity contribution in [2.24, 2.45) is 34.5 Å². The van der Waals surface area contributed by atoms with E-state index in [1.54, 1.807) is 60.0 Å². The predicted molar refractivity (Wildman–Crippen MR) is 364 cm³/mol. The molecular formula is C73H108N8O13. The number of ether oxygens (including phenoxy) is 3. The maximum absolute atomic E-state index is 14.8. The van der Waals surface area contributed by atoms with Crippen LogP contribution in [0.1, 0.15) is 156 Å². The van der Waals surface area contributed by atoms with Gasteiger partial charge < -0.3 is 60.2 Å². The lowest BCUT2D eigenvalue weighted by atomic mass is 9.89. The van der Waals surface area contributed by atoms with Gasteiger partial charge in [0.15, 0.2) is 0 Å². The molecule has 8 amide bonds. The summed E-state index contributed by atoms with van der Waals surface area (Å²) >= 11 is 0. The van der Waals surface area contributed by atoms with Crippen molar-refractivity contribution in [2.45, 2.75) is 189 Å². The summed E-state index contributed by atoms with van der Waals surface area (Å²) in [5.74, 6) is -5.43. The molecule has 5 N–H and O–H groups in total. The molecular weight excluding hydrogens is 1200 g/mol. The number of carboxylic acids is 1. The molecule has 0 spiro atoms. The quantitative estimate of drug-likeness (QED) is 0.0367. The number of carbonyl (C=O) groups is 9. The smallest absolute Gasteiger partial charge is 0.326 e. The van der Waals surface area contributed by atoms with Crippen LogP contribution in [0.2, 0.25) is 0 Å². The Balaban J connectivity index is 1.07. The molecule has 2 aliphatic rings. The van der Waals surface area contributed by atoms with Crippen molar-refractivity contribution in [2.75, 3.05) is 66.1 Å². The molecule has 3 aromatic rings. The number of nitrogens with zero attached hydrogens (tertiary/aromatic N) is 4. The Morgan fingerprint density at radius 1 is 0.702 bits per heavy atom. The van der Waals surface area contributed by atoms with E-state index in [1.165, 1.54) is 19.1 Å². The summed E-state index contributed by atoms with van der Waals surface area (Å²) in [7, 11) is 6.17. The minimum atomic E-state index is -1.18. The summed E-state index contributed by atoms with van der Waals surface area (Å²) in [6.45, 7) is 22.6. The molecule has 2 aliphatic heterocycles. The average Bonchev–Trinajstić information content (AvgIpc) is 1.75. The van der Waals surface area contributed by atoms with Crippen LogP contribution in [0.5, 0.6) is 0 Å². The zero-order valence-corrected chi connectivity index (χ0v) is 58.5. The molecule has 21 heteroatoms. The number of likely N-dealkylation sites (N-methyl/N-ethyl adjacent to an activating group) is 2. The molecule has 0 aromatic heterocycles. The number of aliphatic carboxylic acids is 1. The minimum Gasteiger partial charge on any atom is -0.480 e. The van der Waals surface area contributed by atoms with Gasteiger partial charge in [0.1, 0.15) is 18.1 Å². The summed E-state index contributed by atoms with van der Waals surface area (Å²) < 4.78 is 18.1. The molecule has 1 fully saturated rings. The highest BCUT2D eigenvalue weighted by Crippen LogP contribution is 2.32. The molecule has 94 heavy (non-hydrogen) atoms. The summed E-state index contributed by atoms with van der Waals surface area (Å²) in [5.41, 5.74) is 3.62. The fourth-order valence-corrected chi connectivity index (χ4v) is 12.7. The maximum atomic E-state index is 14.8. The van der Waals surface area contributed by atoms with Crippen LogP contribution in [-0.2, 0) is 70.3 Å². The number of benzene rings is 3. The van der Waals surface area contributed by atoms with Crippen LogP contribution in [0.3, 0.4) is 0 Å². The van der Waals surface area contributed by atoms with Crippen molar-refractivity contribution < 1.29 is 62.5 Å². The van der Waals surface area contributed by atoms with Crippen LogP contribution in [0.4, 0.5) is 5.69 Å². The second kappa shape index (κ2) is 36.4. The van der Waals surface area contributed by atoms with Gasteiger partial charge in [-0.05, 0) is 70.8 Å². The van der Waals surface area contributed by atoms with Crippen LogP contribution in [0, 0.1) is 34.5 Å². The number of para-hydroxylation sites is 1. The summed E-state index contributed by atoms with van der Waals surface area (Å²) in [6, 6.07) is 20.5. The van der Waals surface area contributed by atoms with Crippen LogP contribution in [0.25, 0.3) is 12.2 Å². The predicted octanol–water partition coefficient (Wildman–Crippen LogP) is 8.31. The van der Waals surface area contributed by atoms with Gasteiger partial charge in [-0.2, -0.15) is 0 Å². The first-order valence-electron chi connectivity index (χ1n) is 33.5. The van der Waals surface area contributed by atoms with E-state index >= 15 is 0 Å². The van der Waals surface area contributed by atoms with E-state index in [9.17, 15) is 48.3 Å².